The molecule has 0 aliphatic heterocycles. The fraction of sp³-hybridized carbons (Fsp3) is 0.333. The van der Waals surface area contributed by atoms with Gasteiger partial charge in [-0.15, -0.1) is 0 Å². The lowest BCUT2D eigenvalue weighted by atomic mass is 10.0. The molecule has 1 heterocycles. The summed E-state index contributed by atoms with van der Waals surface area (Å²) < 4.78 is 1.81. The van der Waals surface area contributed by atoms with Gasteiger partial charge in [-0.25, -0.2) is 4.68 Å². The van der Waals surface area contributed by atoms with Gasteiger partial charge in [0, 0.05) is 19.3 Å². The summed E-state index contributed by atoms with van der Waals surface area (Å²) in [6.45, 7) is 2.86. The van der Waals surface area contributed by atoms with Crippen LogP contribution in [0, 0.1) is 5.92 Å². The van der Waals surface area contributed by atoms with Crippen LogP contribution in [0.15, 0.2) is 42.7 Å². The molecule has 3 N–H and O–H groups in total. The molecular formula is C15H20N4O. The predicted molar refractivity (Wildman–Crippen MR) is 78.5 cm³/mol. The Labute approximate surface area is 118 Å². The highest BCUT2D eigenvalue weighted by molar-refractivity contribution is 5.79. The lowest BCUT2D eigenvalue weighted by Gasteiger charge is -2.12. The summed E-state index contributed by atoms with van der Waals surface area (Å²) in [6.07, 6.45) is 4.33. The van der Waals surface area contributed by atoms with E-state index in [9.17, 15) is 4.79 Å². The third-order valence-electron chi connectivity index (χ3n) is 3.15. The maximum Gasteiger partial charge on any atom is 0.224 e. The molecule has 0 aliphatic rings. The summed E-state index contributed by atoms with van der Waals surface area (Å²) in [6, 6.07) is 9.87. The van der Waals surface area contributed by atoms with Crippen LogP contribution in [0.5, 0.6) is 0 Å². The molecule has 20 heavy (non-hydrogen) atoms. The van der Waals surface area contributed by atoms with Crippen molar-refractivity contribution in [2.24, 2.45) is 11.7 Å². The first-order chi connectivity index (χ1) is 9.74. The minimum Gasteiger partial charge on any atom is -0.356 e. The third-order valence-corrected chi connectivity index (χ3v) is 3.15. The Bertz CT molecular complexity index is 550. The Morgan fingerprint density at radius 1 is 1.40 bits per heavy atom. The van der Waals surface area contributed by atoms with E-state index >= 15 is 0 Å². The van der Waals surface area contributed by atoms with Crippen molar-refractivity contribution in [3.05, 3.63) is 48.3 Å². The van der Waals surface area contributed by atoms with Crippen LogP contribution in [0.25, 0.3) is 5.69 Å². The quantitative estimate of drug-likeness (QED) is 0.828. The van der Waals surface area contributed by atoms with Crippen LogP contribution in [0.2, 0.25) is 0 Å². The topological polar surface area (TPSA) is 72.9 Å². The number of nitrogens with zero attached hydrogens (tertiary/aromatic N) is 2. The lowest BCUT2D eigenvalue weighted by Crippen LogP contribution is -2.36. The van der Waals surface area contributed by atoms with Crippen molar-refractivity contribution >= 4 is 5.91 Å². The van der Waals surface area contributed by atoms with Gasteiger partial charge in [0.25, 0.3) is 0 Å². The van der Waals surface area contributed by atoms with E-state index < -0.39 is 0 Å². The molecule has 0 radical (unpaired) electrons. The summed E-state index contributed by atoms with van der Waals surface area (Å²) in [7, 11) is 0. The average molecular weight is 272 g/mol. The summed E-state index contributed by atoms with van der Waals surface area (Å²) in [5.74, 6) is -0.203. The number of aromatic nitrogens is 2. The zero-order valence-electron chi connectivity index (χ0n) is 11.6. The number of carbonyl (C=O) groups excluding carboxylic acids is 1. The number of hydrogen-bond donors (Lipinski definition) is 2. The van der Waals surface area contributed by atoms with Crippen molar-refractivity contribution in [2.75, 3.05) is 13.1 Å². The van der Waals surface area contributed by atoms with E-state index in [1.807, 2.05) is 43.5 Å². The van der Waals surface area contributed by atoms with Crippen molar-refractivity contribution in [3.8, 4) is 5.69 Å². The molecule has 2 aromatic rings. The van der Waals surface area contributed by atoms with E-state index in [1.165, 1.54) is 0 Å². The highest BCUT2D eigenvalue weighted by atomic mass is 16.1. The number of benzene rings is 1. The van der Waals surface area contributed by atoms with Crippen LogP contribution < -0.4 is 11.1 Å². The van der Waals surface area contributed by atoms with Crippen LogP contribution in [-0.4, -0.2) is 28.8 Å². The molecule has 1 atom stereocenters. The molecule has 0 spiro atoms. The van der Waals surface area contributed by atoms with Gasteiger partial charge >= 0.3 is 0 Å². The molecule has 0 saturated heterocycles. The van der Waals surface area contributed by atoms with E-state index in [1.54, 1.807) is 10.9 Å². The first kappa shape index (κ1) is 14.3. The Morgan fingerprint density at radius 3 is 2.80 bits per heavy atom. The molecule has 1 aromatic heterocycles. The number of para-hydroxylation sites is 1. The number of carbonyl (C=O) groups is 1. The second-order valence-electron chi connectivity index (χ2n) is 4.66. The van der Waals surface area contributed by atoms with Crippen molar-refractivity contribution in [1.29, 1.82) is 0 Å². The fourth-order valence-corrected chi connectivity index (χ4v) is 2.07. The molecule has 5 heteroatoms. The van der Waals surface area contributed by atoms with Gasteiger partial charge < -0.3 is 11.1 Å². The van der Waals surface area contributed by atoms with Gasteiger partial charge in [0.2, 0.25) is 5.91 Å². The monoisotopic (exact) mass is 272 g/mol. The fourth-order valence-electron chi connectivity index (χ4n) is 2.07. The van der Waals surface area contributed by atoms with E-state index in [2.05, 4.69) is 10.4 Å². The largest absolute Gasteiger partial charge is 0.356 e. The molecule has 1 aromatic carbocycles. The number of rotatable bonds is 6. The van der Waals surface area contributed by atoms with Gasteiger partial charge in [-0.3, -0.25) is 4.79 Å². The van der Waals surface area contributed by atoms with Gasteiger partial charge in [-0.1, -0.05) is 18.2 Å². The summed E-state index contributed by atoms with van der Waals surface area (Å²) >= 11 is 0. The van der Waals surface area contributed by atoms with Gasteiger partial charge in [-0.2, -0.15) is 5.10 Å². The first-order valence-electron chi connectivity index (χ1n) is 6.81. The van der Waals surface area contributed by atoms with Crippen molar-refractivity contribution in [3.63, 3.8) is 0 Å². The van der Waals surface area contributed by atoms with Crippen molar-refractivity contribution in [2.45, 2.75) is 13.3 Å². The number of nitrogens with two attached hydrogens (primary N) is 1. The molecule has 0 bridgehead atoms. The van der Waals surface area contributed by atoms with E-state index in [4.69, 9.17) is 5.73 Å². The predicted octanol–water partition coefficient (Wildman–Crippen LogP) is 1.13. The number of nitrogens with one attached hydrogen (secondary N) is 1. The van der Waals surface area contributed by atoms with E-state index in [-0.39, 0.29) is 11.8 Å². The minimum atomic E-state index is -0.205. The molecule has 1 amide bonds. The highest BCUT2D eigenvalue weighted by Gasteiger charge is 2.17. The molecule has 0 fully saturated rings. The maximum atomic E-state index is 11.8. The maximum absolute atomic E-state index is 11.8. The summed E-state index contributed by atoms with van der Waals surface area (Å²) in [4.78, 5) is 11.8. The Hall–Kier alpha value is -2.14. The molecule has 2 rings (SSSR count). The SMILES string of the molecule is CCNC(=O)C(CN)Cc1cnn(-c2ccccc2)c1. The Kier molecular flexibility index (Phi) is 4.90. The zero-order chi connectivity index (χ0) is 14.4. The standard InChI is InChI=1S/C15H20N4O/c1-2-17-15(20)13(9-16)8-12-10-18-19(11-12)14-6-4-3-5-7-14/h3-7,10-11,13H,2,8-9,16H2,1H3,(H,17,20). The summed E-state index contributed by atoms with van der Waals surface area (Å²) in [5, 5.41) is 7.13. The lowest BCUT2D eigenvalue weighted by molar-refractivity contribution is -0.124. The number of amides is 1. The van der Waals surface area contributed by atoms with Crippen LogP contribution >= 0.6 is 0 Å². The molecule has 1 unspecified atom stereocenters. The van der Waals surface area contributed by atoms with E-state index in [0.29, 0.717) is 19.5 Å². The smallest absolute Gasteiger partial charge is 0.224 e. The van der Waals surface area contributed by atoms with Gasteiger partial charge in [0.1, 0.15) is 0 Å². The van der Waals surface area contributed by atoms with Crippen LogP contribution in [-0.2, 0) is 11.2 Å². The number of hydrogen-bond acceptors (Lipinski definition) is 3. The second kappa shape index (κ2) is 6.86. The molecular weight excluding hydrogens is 252 g/mol. The molecule has 0 aliphatic carbocycles. The second-order valence-corrected chi connectivity index (χ2v) is 4.66. The van der Waals surface area contributed by atoms with E-state index in [0.717, 1.165) is 11.3 Å². The first-order valence-corrected chi connectivity index (χ1v) is 6.81. The molecule has 5 nitrogen and oxygen atoms in total. The van der Waals surface area contributed by atoms with Gasteiger partial charge in [-0.05, 0) is 31.0 Å². The van der Waals surface area contributed by atoms with Crippen molar-refractivity contribution < 1.29 is 4.79 Å². The Balaban J connectivity index is 2.07. The third kappa shape index (κ3) is 3.45. The normalized spacial score (nSPS) is 12.1. The Morgan fingerprint density at radius 2 is 2.15 bits per heavy atom. The highest BCUT2D eigenvalue weighted by Crippen LogP contribution is 2.11. The van der Waals surface area contributed by atoms with Crippen LogP contribution in [0.3, 0.4) is 0 Å². The van der Waals surface area contributed by atoms with Crippen LogP contribution in [0.4, 0.5) is 0 Å². The molecule has 106 valence electrons. The minimum absolute atomic E-state index is 0.00228. The average Bonchev–Trinajstić information content (AvgIpc) is 2.94. The van der Waals surface area contributed by atoms with Crippen LogP contribution in [0.1, 0.15) is 12.5 Å². The van der Waals surface area contributed by atoms with Gasteiger partial charge in [0.05, 0.1) is 17.8 Å². The molecule has 0 saturated carbocycles. The summed E-state index contributed by atoms with van der Waals surface area (Å²) in [5.41, 5.74) is 7.69. The van der Waals surface area contributed by atoms with Crippen molar-refractivity contribution in [1.82, 2.24) is 15.1 Å². The van der Waals surface area contributed by atoms with Gasteiger partial charge in [0.15, 0.2) is 0 Å². The zero-order valence-corrected chi connectivity index (χ0v) is 11.6.